The minimum Gasteiger partial charge on any atom is -0.507 e. The van der Waals surface area contributed by atoms with Gasteiger partial charge in [-0.3, -0.25) is 4.79 Å². The van der Waals surface area contributed by atoms with Gasteiger partial charge in [-0.2, -0.15) is 0 Å². The largest absolute Gasteiger partial charge is 0.507 e. The average Bonchev–Trinajstić information content (AvgIpc) is 2.02. The van der Waals surface area contributed by atoms with Crippen LogP contribution in [0.4, 0.5) is 0 Å². The molecule has 0 radical (unpaired) electrons. The summed E-state index contributed by atoms with van der Waals surface area (Å²) >= 11 is 0. The van der Waals surface area contributed by atoms with Crippen molar-refractivity contribution in [3.05, 3.63) is 29.8 Å². The maximum atomic E-state index is 11.7. The van der Waals surface area contributed by atoms with Gasteiger partial charge in [0.15, 0.2) is 5.78 Å². The van der Waals surface area contributed by atoms with Crippen LogP contribution in [0.1, 0.15) is 31.1 Å². The van der Waals surface area contributed by atoms with E-state index < -0.39 is 5.41 Å². The zero-order valence-corrected chi connectivity index (χ0v) is 8.16. The molecule has 0 aliphatic carbocycles. The second-order valence-electron chi connectivity index (χ2n) is 4.10. The number of rotatable bonds is 1. The summed E-state index contributed by atoms with van der Waals surface area (Å²) in [4.78, 5) is 11.7. The normalized spacial score (nSPS) is 11.3. The number of ketones is 1. The van der Waals surface area contributed by atoms with Crippen LogP contribution in [-0.2, 0) is 0 Å². The molecule has 0 fully saturated rings. The molecule has 1 aromatic rings. The molecule has 0 heterocycles. The van der Waals surface area contributed by atoms with Crippen LogP contribution in [0.2, 0.25) is 0 Å². The van der Waals surface area contributed by atoms with Gasteiger partial charge in [-0.05, 0) is 12.1 Å². The number of carbonyl (C=O) groups excluding carboxylic acids is 1. The molecule has 2 heteroatoms. The number of phenolic OH excluding ortho intramolecular Hbond substituents is 1. The van der Waals surface area contributed by atoms with Crippen LogP contribution in [-0.4, -0.2) is 10.9 Å². The monoisotopic (exact) mass is 178 g/mol. The number of aromatic hydroxyl groups is 1. The molecule has 1 N–H and O–H groups in total. The highest BCUT2D eigenvalue weighted by Crippen LogP contribution is 2.25. The molecule has 0 bridgehead atoms. The van der Waals surface area contributed by atoms with Gasteiger partial charge in [-0.1, -0.05) is 32.9 Å². The molecule has 1 aromatic carbocycles. The molecule has 0 aliphatic heterocycles. The molecule has 0 spiro atoms. The number of Topliss-reactive ketones (excluding diaryl/α,β-unsaturated/α-hetero) is 1. The molecule has 0 amide bonds. The van der Waals surface area contributed by atoms with Gasteiger partial charge >= 0.3 is 0 Å². The molecule has 0 saturated carbocycles. The molecule has 2 nitrogen and oxygen atoms in total. The van der Waals surface area contributed by atoms with E-state index in [1.165, 1.54) is 6.07 Å². The van der Waals surface area contributed by atoms with Crippen molar-refractivity contribution in [1.29, 1.82) is 0 Å². The van der Waals surface area contributed by atoms with Crippen molar-refractivity contribution in [3.63, 3.8) is 0 Å². The van der Waals surface area contributed by atoms with Crippen molar-refractivity contribution in [2.24, 2.45) is 5.41 Å². The second-order valence-corrected chi connectivity index (χ2v) is 4.10. The van der Waals surface area contributed by atoms with Crippen LogP contribution < -0.4 is 0 Å². The highest BCUT2D eigenvalue weighted by atomic mass is 16.3. The zero-order chi connectivity index (χ0) is 10.1. The Morgan fingerprint density at radius 3 is 2.23 bits per heavy atom. The highest BCUT2D eigenvalue weighted by molar-refractivity contribution is 6.01. The van der Waals surface area contributed by atoms with Crippen LogP contribution in [0.5, 0.6) is 5.75 Å². The van der Waals surface area contributed by atoms with Gasteiger partial charge < -0.3 is 5.11 Å². The van der Waals surface area contributed by atoms with Crippen LogP contribution in [0.3, 0.4) is 0 Å². The average molecular weight is 178 g/mol. The van der Waals surface area contributed by atoms with E-state index in [-0.39, 0.29) is 11.5 Å². The quantitative estimate of drug-likeness (QED) is 0.671. The van der Waals surface area contributed by atoms with Gasteiger partial charge in [0, 0.05) is 5.41 Å². The smallest absolute Gasteiger partial charge is 0.171 e. The van der Waals surface area contributed by atoms with E-state index >= 15 is 0 Å². The van der Waals surface area contributed by atoms with E-state index in [1.54, 1.807) is 18.2 Å². The Morgan fingerprint density at radius 2 is 1.77 bits per heavy atom. The van der Waals surface area contributed by atoms with Crippen LogP contribution in [0.25, 0.3) is 0 Å². The standard InChI is InChI=1S/C11H14O2/c1-11(2,3)10(13)8-6-4-5-7-9(8)12/h4-7,12H,1-3H3. The first-order chi connectivity index (χ1) is 5.93. The third kappa shape index (κ3) is 2.08. The minimum atomic E-state index is -0.446. The van der Waals surface area contributed by atoms with Gasteiger partial charge in [0.1, 0.15) is 5.75 Å². The first-order valence-corrected chi connectivity index (χ1v) is 4.26. The number of hydrogen-bond acceptors (Lipinski definition) is 2. The SMILES string of the molecule is CC(C)(C)C(=O)c1ccccc1O. The van der Waals surface area contributed by atoms with Crippen molar-refractivity contribution in [1.82, 2.24) is 0 Å². The van der Waals surface area contributed by atoms with E-state index in [1.807, 2.05) is 20.8 Å². The van der Waals surface area contributed by atoms with Crippen molar-refractivity contribution >= 4 is 5.78 Å². The Balaban J connectivity index is 3.10. The number of para-hydroxylation sites is 1. The predicted molar refractivity (Wildman–Crippen MR) is 51.9 cm³/mol. The summed E-state index contributed by atoms with van der Waals surface area (Å²) in [6, 6.07) is 6.62. The molecule has 0 saturated heterocycles. The van der Waals surface area contributed by atoms with E-state index in [2.05, 4.69) is 0 Å². The summed E-state index contributed by atoms with van der Waals surface area (Å²) in [5.74, 6) is 0.0213. The highest BCUT2D eigenvalue weighted by Gasteiger charge is 2.24. The summed E-state index contributed by atoms with van der Waals surface area (Å²) in [7, 11) is 0. The molecular formula is C11H14O2. The summed E-state index contributed by atoms with van der Waals surface area (Å²) in [5, 5.41) is 9.42. The Bertz CT molecular complexity index is 321. The lowest BCUT2D eigenvalue weighted by atomic mass is 9.86. The van der Waals surface area contributed by atoms with Gasteiger partial charge in [-0.15, -0.1) is 0 Å². The summed E-state index contributed by atoms with van der Waals surface area (Å²) in [6.45, 7) is 5.51. The zero-order valence-electron chi connectivity index (χ0n) is 8.16. The first kappa shape index (κ1) is 9.78. The van der Waals surface area contributed by atoms with E-state index in [4.69, 9.17) is 0 Å². The van der Waals surface area contributed by atoms with Gasteiger partial charge in [0.25, 0.3) is 0 Å². The molecule has 1 rings (SSSR count). The maximum Gasteiger partial charge on any atom is 0.171 e. The summed E-state index contributed by atoms with van der Waals surface area (Å²) < 4.78 is 0. The van der Waals surface area contributed by atoms with E-state index in [9.17, 15) is 9.90 Å². The third-order valence-electron chi connectivity index (χ3n) is 1.83. The fraction of sp³-hybridized carbons (Fsp3) is 0.364. The number of benzene rings is 1. The second kappa shape index (κ2) is 3.21. The molecule has 70 valence electrons. The lowest BCUT2D eigenvalue weighted by molar-refractivity contribution is 0.0855. The van der Waals surface area contributed by atoms with Gasteiger partial charge in [0.2, 0.25) is 0 Å². The van der Waals surface area contributed by atoms with Gasteiger partial charge in [-0.25, -0.2) is 0 Å². The molecule has 13 heavy (non-hydrogen) atoms. The fourth-order valence-corrected chi connectivity index (χ4v) is 1.07. The van der Waals surface area contributed by atoms with Crippen molar-refractivity contribution < 1.29 is 9.90 Å². The van der Waals surface area contributed by atoms with E-state index in [0.717, 1.165) is 0 Å². The fourth-order valence-electron chi connectivity index (χ4n) is 1.07. The molecular weight excluding hydrogens is 164 g/mol. The number of hydrogen-bond donors (Lipinski definition) is 1. The predicted octanol–water partition coefficient (Wildman–Crippen LogP) is 2.62. The van der Waals surface area contributed by atoms with Gasteiger partial charge in [0.05, 0.1) is 5.56 Å². The molecule has 0 aliphatic rings. The Hall–Kier alpha value is -1.31. The van der Waals surface area contributed by atoms with Crippen molar-refractivity contribution in [2.75, 3.05) is 0 Å². The van der Waals surface area contributed by atoms with Crippen LogP contribution >= 0.6 is 0 Å². The third-order valence-corrected chi connectivity index (χ3v) is 1.83. The minimum absolute atomic E-state index is 0.0365. The lowest BCUT2D eigenvalue weighted by Gasteiger charge is -2.16. The topological polar surface area (TPSA) is 37.3 Å². The summed E-state index contributed by atoms with van der Waals surface area (Å²) in [5.41, 5.74) is -0.0475. The Morgan fingerprint density at radius 1 is 1.23 bits per heavy atom. The molecule has 0 aromatic heterocycles. The van der Waals surface area contributed by atoms with Crippen LogP contribution in [0, 0.1) is 5.41 Å². The Labute approximate surface area is 78.2 Å². The number of carbonyl (C=O) groups is 1. The summed E-state index contributed by atoms with van der Waals surface area (Å²) in [6.07, 6.45) is 0. The van der Waals surface area contributed by atoms with E-state index in [0.29, 0.717) is 5.56 Å². The molecule has 0 unspecified atom stereocenters. The maximum absolute atomic E-state index is 11.7. The van der Waals surface area contributed by atoms with Crippen LogP contribution in [0.15, 0.2) is 24.3 Å². The van der Waals surface area contributed by atoms with Crippen molar-refractivity contribution in [3.8, 4) is 5.75 Å². The Kier molecular flexibility index (Phi) is 2.41. The molecule has 0 atom stereocenters. The first-order valence-electron chi connectivity index (χ1n) is 4.26. The lowest BCUT2D eigenvalue weighted by Crippen LogP contribution is -2.20. The number of phenols is 1. The van der Waals surface area contributed by atoms with Crippen molar-refractivity contribution in [2.45, 2.75) is 20.8 Å².